The van der Waals surface area contributed by atoms with Crippen molar-refractivity contribution < 1.29 is 28.0 Å². The van der Waals surface area contributed by atoms with Gasteiger partial charge in [-0.25, -0.2) is 0 Å². The molecule has 1 unspecified atom stereocenters. The second-order valence-electron chi connectivity index (χ2n) is 3.08. The molecule has 0 aromatic rings. The maximum absolute atomic E-state index is 10.9. The molecule has 110 valence electrons. The fraction of sp³-hybridized carbons (Fsp3) is 1.00. The third kappa shape index (κ3) is 16.8. The van der Waals surface area contributed by atoms with Crippen LogP contribution >= 0.6 is 32.2 Å². The lowest BCUT2D eigenvalue weighted by Gasteiger charge is -2.07. The van der Waals surface area contributed by atoms with Crippen LogP contribution in [0.2, 0.25) is 0 Å². The average Bonchev–Trinajstić information content (AvgIpc) is 2.29. The second-order valence-corrected chi connectivity index (χ2v) is 9.53. The molecule has 0 rings (SSSR count). The van der Waals surface area contributed by atoms with Gasteiger partial charge in [0.05, 0.1) is 52.9 Å². The van der Waals surface area contributed by atoms with E-state index < -0.39 is 5.42 Å². The van der Waals surface area contributed by atoms with Crippen molar-refractivity contribution in [1.82, 2.24) is 0 Å². The van der Waals surface area contributed by atoms with Crippen molar-refractivity contribution in [2.24, 2.45) is 0 Å². The summed E-state index contributed by atoms with van der Waals surface area (Å²) in [4.78, 5) is 0. The van der Waals surface area contributed by atoms with Crippen LogP contribution in [0.5, 0.6) is 0 Å². The Bertz CT molecular complexity index is 227. The van der Waals surface area contributed by atoms with Gasteiger partial charge in [0.15, 0.2) is 0 Å². The highest BCUT2D eigenvalue weighted by atomic mass is 79.9. The van der Waals surface area contributed by atoms with Crippen LogP contribution in [0.3, 0.4) is 0 Å². The van der Waals surface area contributed by atoms with Gasteiger partial charge in [0.1, 0.15) is 0 Å². The average molecular weight is 370 g/mol. The van der Waals surface area contributed by atoms with Crippen molar-refractivity contribution in [2.45, 2.75) is 0 Å². The SMILES string of the molecule is COCCOCCOCCOCCOP(=O)(Cl)Br. The Kier molecular flexibility index (Phi) is 13.4. The fourth-order valence-electron chi connectivity index (χ4n) is 0.887. The Morgan fingerprint density at radius 2 is 1.28 bits per heavy atom. The quantitative estimate of drug-likeness (QED) is 0.367. The van der Waals surface area contributed by atoms with Crippen LogP contribution in [0.4, 0.5) is 0 Å². The summed E-state index contributed by atoms with van der Waals surface area (Å²) in [6.07, 6.45) is 0. The number of halogens is 2. The molecule has 0 aliphatic rings. The lowest BCUT2D eigenvalue weighted by molar-refractivity contribution is 0.000507. The largest absolute Gasteiger partial charge is 0.382 e. The highest BCUT2D eigenvalue weighted by Gasteiger charge is 2.12. The molecule has 18 heavy (non-hydrogen) atoms. The van der Waals surface area contributed by atoms with Crippen molar-refractivity contribution >= 4 is 32.2 Å². The monoisotopic (exact) mass is 368 g/mol. The van der Waals surface area contributed by atoms with Gasteiger partial charge >= 0.3 is 5.42 Å². The van der Waals surface area contributed by atoms with E-state index >= 15 is 0 Å². The van der Waals surface area contributed by atoms with E-state index in [1.807, 2.05) is 0 Å². The van der Waals surface area contributed by atoms with E-state index in [1.165, 1.54) is 0 Å². The minimum absolute atomic E-state index is 0.173. The predicted octanol–water partition coefficient (Wildman–Crippen LogP) is 2.44. The molecule has 1 atom stereocenters. The standard InChI is InChI=1S/C9H19BrClO6P/c1-13-2-3-14-4-5-15-6-7-16-8-9-17-18(10,11)12/h2-9H2,1H3. The first-order chi connectivity index (χ1) is 8.56. The molecule has 0 bridgehead atoms. The molecule has 0 heterocycles. The minimum atomic E-state index is -3.10. The van der Waals surface area contributed by atoms with Crippen LogP contribution in [0.25, 0.3) is 0 Å². The third-order valence-electron chi connectivity index (χ3n) is 1.65. The molecule has 0 aliphatic carbocycles. The number of ether oxygens (including phenoxy) is 4. The smallest absolute Gasteiger partial charge is 0.353 e. The van der Waals surface area contributed by atoms with Gasteiger partial charge in [-0.2, -0.15) is 0 Å². The number of methoxy groups -OCH3 is 1. The first-order valence-electron chi connectivity index (χ1n) is 5.42. The van der Waals surface area contributed by atoms with Gasteiger partial charge in [-0.3, -0.25) is 4.57 Å². The Morgan fingerprint density at radius 3 is 1.67 bits per heavy atom. The molecule has 0 saturated heterocycles. The summed E-state index contributed by atoms with van der Waals surface area (Å²) in [5.41, 5.74) is -3.10. The fourth-order valence-corrected chi connectivity index (χ4v) is 1.82. The van der Waals surface area contributed by atoms with Gasteiger partial charge in [-0.05, 0) is 11.2 Å². The van der Waals surface area contributed by atoms with Gasteiger partial charge in [0, 0.05) is 22.6 Å². The summed E-state index contributed by atoms with van der Waals surface area (Å²) in [6, 6.07) is 0. The molecule has 0 aromatic heterocycles. The zero-order valence-electron chi connectivity index (χ0n) is 10.3. The van der Waals surface area contributed by atoms with E-state index in [0.29, 0.717) is 46.2 Å². The lowest BCUT2D eigenvalue weighted by Crippen LogP contribution is -2.12. The molecular formula is C9H19BrClO6P. The number of rotatable bonds is 13. The van der Waals surface area contributed by atoms with Crippen LogP contribution in [0.1, 0.15) is 0 Å². The van der Waals surface area contributed by atoms with E-state index in [9.17, 15) is 4.57 Å². The summed E-state index contributed by atoms with van der Waals surface area (Å²) in [5.74, 6) is 0. The number of hydrogen-bond acceptors (Lipinski definition) is 6. The molecule has 0 N–H and O–H groups in total. The van der Waals surface area contributed by atoms with Gasteiger partial charge < -0.3 is 23.5 Å². The normalized spacial score (nSPS) is 14.6. The number of hydrogen-bond donors (Lipinski definition) is 0. The van der Waals surface area contributed by atoms with Crippen molar-refractivity contribution in [3.63, 3.8) is 0 Å². The Labute approximate surface area is 120 Å². The third-order valence-corrected chi connectivity index (χ3v) is 3.04. The molecule has 0 radical (unpaired) electrons. The van der Waals surface area contributed by atoms with Crippen LogP contribution in [0.15, 0.2) is 0 Å². The highest BCUT2D eigenvalue weighted by Crippen LogP contribution is 2.59. The van der Waals surface area contributed by atoms with E-state index in [1.54, 1.807) is 7.11 Å². The molecule has 0 saturated carbocycles. The molecule has 0 amide bonds. The summed E-state index contributed by atoms with van der Waals surface area (Å²) in [5, 5.41) is 0. The first-order valence-corrected chi connectivity index (χ1v) is 9.97. The van der Waals surface area contributed by atoms with Crippen molar-refractivity contribution in [3.8, 4) is 0 Å². The highest BCUT2D eigenvalue weighted by molar-refractivity contribution is 9.42. The molecular weight excluding hydrogens is 350 g/mol. The van der Waals surface area contributed by atoms with Gasteiger partial charge in [0.25, 0.3) is 0 Å². The molecule has 9 heteroatoms. The van der Waals surface area contributed by atoms with Crippen LogP contribution < -0.4 is 0 Å². The molecule has 0 spiro atoms. The van der Waals surface area contributed by atoms with Crippen LogP contribution in [0, 0.1) is 0 Å². The topological polar surface area (TPSA) is 63.2 Å². The van der Waals surface area contributed by atoms with Crippen LogP contribution in [-0.2, 0) is 28.0 Å². The van der Waals surface area contributed by atoms with Crippen molar-refractivity contribution in [1.29, 1.82) is 0 Å². The Hall–Kier alpha value is 0.800. The first kappa shape index (κ1) is 18.8. The molecule has 0 fully saturated rings. The van der Waals surface area contributed by atoms with E-state index in [2.05, 4.69) is 15.5 Å². The summed E-state index contributed by atoms with van der Waals surface area (Å²) in [7, 11) is 1.62. The lowest BCUT2D eigenvalue weighted by atomic mass is 10.7. The van der Waals surface area contributed by atoms with Gasteiger partial charge in [-0.15, -0.1) is 0 Å². The summed E-state index contributed by atoms with van der Waals surface area (Å²) in [6.45, 7) is 3.60. The van der Waals surface area contributed by atoms with Crippen molar-refractivity contribution in [3.05, 3.63) is 0 Å². The van der Waals surface area contributed by atoms with E-state index in [4.69, 9.17) is 34.7 Å². The molecule has 0 aromatic carbocycles. The van der Waals surface area contributed by atoms with E-state index in [-0.39, 0.29) is 6.61 Å². The van der Waals surface area contributed by atoms with Gasteiger partial charge in [-0.1, -0.05) is 0 Å². The second kappa shape index (κ2) is 12.8. The summed E-state index contributed by atoms with van der Waals surface area (Å²) >= 11 is 8.02. The minimum Gasteiger partial charge on any atom is -0.382 e. The van der Waals surface area contributed by atoms with E-state index in [0.717, 1.165) is 0 Å². The van der Waals surface area contributed by atoms with Gasteiger partial charge in [0.2, 0.25) is 0 Å². The maximum Gasteiger partial charge on any atom is 0.353 e. The van der Waals surface area contributed by atoms with Crippen molar-refractivity contribution in [2.75, 3.05) is 60.0 Å². The predicted molar refractivity (Wildman–Crippen MR) is 72.7 cm³/mol. The zero-order chi connectivity index (χ0) is 13.7. The zero-order valence-corrected chi connectivity index (χ0v) is 13.5. The summed E-state index contributed by atoms with van der Waals surface area (Å²) < 4.78 is 36.0. The van der Waals surface area contributed by atoms with Crippen LogP contribution in [-0.4, -0.2) is 60.0 Å². The molecule has 6 nitrogen and oxygen atoms in total. The Balaban J connectivity index is 3.01. The molecule has 0 aliphatic heterocycles. The maximum atomic E-state index is 10.9. The Morgan fingerprint density at radius 1 is 0.889 bits per heavy atom.